The SMILES string of the molecule is NNc1nc(OCC(F)(F)C(F)(F)F)c(Cl)cc1Cl. The van der Waals surface area contributed by atoms with E-state index in [9.17, 15) is 22.0 Å². The molecule has 0 radical (unpaired) electrons. The third-order valence-electron chi connectivity index (χ3n) is 1.84. The second-order valence-electron chi connectivity index (χ2n) is 3.24. The van der Waals surface area contributed by atoms with E-state index >= 15 is 0 Å². The predicted molar refractivity (Wildman–Crippen MR) is 58.6 cm³/mol. The summed E-state index contributed by atoms with van der Waals surface area (Å²) in [4.78, 5) is 3.45. The van der Waals surface area contributed by atoms with E-state index in [1.165, 1.54) is 0 Å². The van der Waals surface area contributed by atoms with Gasteiger partial charge in [0.25, 0.3) is 0 Å². The Kier molecular flexibility index (Phi) is 4.64. The van der Waals surface area contributed by atoms with Crippen molar-refractivity contribution in [2.75, 3.05) is 12.0 Å². The summed E-state index contributed by atoms with van der Waals surface area (Å²) in [6, 6.07) is 1.03. The Bertz CT molecular complexity index is 468. The van der Waals surface area contributed by atoms with Crippen molar-refractivity contribution >= 4 is 29.0 Å². The van der Waals surface area contributed by atoms with Crippen LogP contribution in [0.3, 0.4) is 0 Å². The topological polar surface area (TPSA) is 60.2 Å². The quantitative estimate of drug-likeness (QED) is 0.507. The van der Waals surface area contributed by atoms with Crippen molar-refractivity contribution in [1.29, 1.82) is 0 Å². The van der Waals surface area contributed by atoms with Crippen molar-refractivity contribution < 1.29 is 26.7 Å². The third-order valence-corrected chi connectivity index (χ3v) is 2.40. The number of alkyl halides is 5. The summed E-state index contributed by atoms with van der Waals surface area (Å²) in [5.41, 5.74) is 2.00. The van der Waals surface area contributed by atoms with Crippen LogP contribution in [0.25, 0.3) is 0 Å². The van der Waals surface area contributed by atoms with Crippen LogP contribution in [0.15, 0.2) is 6.07 Å². The molecule has 19 heavy (non-hydrogen) atoms. The first-order chi connectivity index (χ1) is 8.58. The Morgan fingerprint density at radius 2 is 1.79 bits per heavy atom. The van der Waals surface area contributed by atoms with Crippen LogP contribution in [0, 0.1) is 0 Å². The van der Waals surface area contributed by atoms with Gasteiger partial charge in [-0.3, -0.25) is 0 Å². The standard InChI is InChI=1S/C8H6Cl2F5N3O/c9-3-1-4(10)6(17-5(3)18-16)19-2-7(11,12)8(13,14)15/h1H,2,16H2,(H,17,18). The summed E-state index contributed by atoms with van der Waals surface area (Å²) in [6.07, 6.45) is -5.74. The van der Waals surface area contributed by atoms with Crippen LogP contribution in [0.1, 0.15) is 0 Å². The van der Waals surface area contributed by atoms with Crippen LogP contribution >= 0.6 is 23.2 Å². The smallest absolute Gasteiger partial charge is 0.456 e. The number of aromatic nitrogens is 1. The Balaban J connectivity index is 2.90. The van der Waals surface area contributed by atoms with Crippen LogP contribution in [0.5, 0.6) is 5.88 Å². The number of nitrogen functional groups attached to an aromatic ring is 1. The Hall–Kier alpha value is -1.06. The van der Waals surface area contributed by atoms with E-state index in [0.717, 1.165) is 6.07 Å². The van der Waals surface area contributed by atoms with Crippen molar-refractivity contribution in [3.63, 3.8) is 0 Å². The van der Waals surface area contributed by atoms with Crippen molar-refractivity contribution in [2.45, 2.75) is 12.1 Å². The van der Waals surface area contributed by atoms with Crippen molar-refractivity contribution in [1.82, 2.24) is 4.98 Å². The summed E-state index contributed by atoms with van der Waals surface area (Å²) in [6.45, 7) is -1.96. The monoisotopic (exact) mass is 325 g/mol. The van der Waals surface area contributed by atoms with Crippen molar-refractivity contribution in [3.05, 3.63) is 16.1 Å². The molecule has 1 aromatic rings. The maximum atomic E-state index is 12.6. The molecule has 0 aliphatic carbocycles. The van der Waals surface area contributed by atoms with Gasteiger partial charge in [0.1, 0.15) is 5.02 Å². The van der Waals surface area contributed by atoms with E-state index in [1.807, 2.05) is 5.43 Å². The number of hydrogen-bond donors (Lipinski definition) is 2. The molecule has 1 rings (SSSR count). The molecule has 0 amide bonds. The van der Waals surface area contributed by atoms with Gasteiger partial charge in [0, 0.05) is 0 Å². The lowest BCUT2D eigenvalue weighted by molar-refractivity contribution is -0.290. The average Bonchev–Trinajstić information content (AvgIpc) is 2.26. The van der Waals surface area contributed by atoms with E-state index in [-0.39, 0.29) is 15.9 Å². The number of halogens is 7. The highest BCUT2D eigenvalue weighted by Gasteiger charge is 2.58. The number of hydrogen-bond acceptors (Lipinski definition) is 4. The highest BCUT2D eigenvalue weighted by molar-refractivity contribution is 6.36. The lowest BCUT2D eigenvalue weighted by Gasteiger charge is -2.20. The van der Waals surface area contributed by atoms with E-state index in [4.69, 9.17) is 29.0 Å². The number of nitrogens with one attached hydrogen (secondary N) is 1. The lowest BCUT2D eigenvalue weighted by atomic mass is 10.3. The van der Waals surface area contributed by atoms with Gasteiger partial charge in [0.05, 0.1) is 5.02 Å². The molecule has 0 fully saturated rings. The summed E-state index contributed by atoms with van der Waals surface area (Å²) >= 11 is 11.1. The molecule has 1 heterocycles. The van der Waals surface area contributed by atoms with Gasteiger partial charge >= 0.3 is 12.1 Å². The van der Waals surface area contributed by atoms with Gasteiger partial charge < -0.3 is 10.2 Å². The summed E-state index contributed by atoms with van der Waals surface area (Å²) < 4.78 is 65.2. The highest BCUT2D eigenvalue weighted by atomic mass is 35.5. The Morgan fingerprint density at radius 1 is 1.21 bits per heavy atom. The van der Waals surface area contributed by atoms with Gasteiger partial charge in [-0.15, -0.1) is 0 Å². The zero-order valence-electron chi connectivity index (χ0n) is 8.86. The molecule has 0 saturated carbocycles. The molecule has 0 aromatic carbocycles. The molecule has 0 unspecified atom stereocenters. The molecular formula is C8H6Cl2F5N3O. The number of anilines is 1. The minimum absolute atomic E-state index is 0.0533. The first-order valence-corrected chi connectivity index (χ1v) is 5.24. The lowest BCUT2D eigenvalue weighted by Crippen LogP contribution is -2.41. The Morgan fingerprint density at radius 3 is 2.26 bits per heavy atom. The van der Waals surface area contributed by atoms with Gasteiger partial charge in [-0.05, 0) is 6.07 Å². The molecule has 0 atom stereocenters. The first-order valence-electron chi connectivity index (χ1n) is 4.48. The second kappa shape index (κ2) is 5.51. The molecule has 0 spiro atoms. The number of pyridine rings is 1. The summed E-state index contributed by atoms with van der Waals surface area (Å²) in [5, 5.41) is -0.385. The summed E-state index contributed by atoms with van der Waals surface area (Å²) in [7, 11) is 0. The number of ether oxygens (including phenoxy) is 1. The molecule has 0 aliphatic heterocycles. The normalized spacial score (nSPS) is 12.4. The summed E-state index contributed by atoms with van der Waals surface area (Å²) in [5.74, 6) is -0.871. The molecule has 3 N–H and O–H groups in total. The van der Waals surface area contributed by atoms with Crippen LogP contribution in [0.4, 0.5) is 27.8 Å². The molecule has 11 heteroatoms. The van der Waals surface area contributed by atoms with Gasteiger partial charge in [0.15, 0.2) is 12.4 Å². The average molecular weight is 326 g/mol. The highest BCUT2D eigenvalue weighted by Crippen LogP contribution is 2.37. The fraction of sp³-hybridized carbons (Fsp3) is 0.375. The number of hydrazine groups is 1. The Labute approximate surface area is 113 Å². The molecule has 0 bridgehead atoms. The van der Waals surface area contributed by atoms with E-state index < -0.39 is 24.6 Å². The number of nitrogens with two attached hydrogens (primary N) is 1. The predicted octanol–water partition coefficient (Wildman–Crippen LogP) is 3.25. The van der Waals surface area contributed by atoms with Crippen molar-refractivity contribution in [3.8, 4) is 5.88 Å². The van der Waals surface area contributed by atoms with E-state index in [1.54, 1.807) is 0 Å². The van der Waals surface area contributed by atoms with E-state index in [0.29, 0.717) is 0 Å². The number of rotatable bonds is 4. The third kappa shape index (κ3) is 3.71. The fourth-order valence-corrected chi connectivity index (χ4v) is 1.36. The molecular weight excluding hydrogens is 320 g/mol. The molecule has 108 valence electrons. The van der Waals surface area contributed by atoms with Gasteiger partial charge in [-0.1, -0.05) is 23.2 Å². The van der Waals surface area contributed by atoms with Crippen LogP contribution in [-0.4, -0.2) is 23.7 Å². The van der Waals surface area contributed by atoms with Gasteiger partial charge in [0.2, 0.25) is 5.88 Å². The van der Waals surface area contributed by atoms with Crippen LogP contribution in [0.2, 0.25) is 10.0 Å². The minimum atomic E-state index is -5.74. The zero-order valence-corrected chi connectivity index (χ0v) is 10.4. The second-order valence-corrected chi connectivity index (χ2v) is 4.06. The molecule has 0 saturated heterocycles. The van der Waals surface area contributed by atoms with Gasteiger partial charge in [-0.25, -0.2) is 5.84 Å². The van der Waals surface area contributed by atoms with Gasteiger partial charge in [-0.2, -0.15) is 26.9 Å². The number of nitrogens with zero attached hydrogens (tertiary/aromatic N) is 1. The van der Waals surface area contributed by atoms with Crippen LogP contribution < -0.4 is 16.0 Å². The fourth-order valence-electron chi connectivity index (χ4n) is 0.893. The van der Waals surface area contributed by atoms with E-state index in [2.05, 4.69) is 9.72 Å². The zero-order chi connectivity index (χ0) is 14.8. The molecule has 0 aliphatic rings. The van der Waals surface area contributed by atoms with Crippen LogP contribution in [-0.2, 0) is 0 Å². The minimum Gasteiger partial charge on any atom is -0.470 e. The largest absolute Gasteiger partial charge is 0.470 e. The maximum Gasteiger partial charge on any atom is 0.456 e. The van der Waals surface area contributed by atoms with Crippen molar-refractivity contribution in [2.24, 2.45) is 5.84 Å². The molecule has 1 aromatic heterocycles. The molecule has 4 nitrogen and oxygen atoms in total. The first kappa shape index (κ1) is 16.0. The maximum absolute atomic E-state index is 12.6.